The maximum Gasteiger partial charge on any atom is 0.271 e. The van der Waals surface area contributed by atoms with E-state index in [-0.39, 0.29) is 5.91 Å². The monoisotopic (exact) mass is 414 g/mol. The van der Waals surface area contributed by atoms with Crippen LogP contribution in [0.5, 0.6) is 0 Å². The number of H-pyrrole nitrogens is 1. The summed E-state index contributed by atoms with van der Waals surface area (Å²) in [5, 5.41) is 17.1. The van der Waals surface area contributed by atoms with E-state index in [0.29, 0.717) is 16.1 Å². The van der Waals surface area contributed by atoms with E-state index >= 15 is 0 Å². The molecule has 0 aliphatic heterocycles. The molecule has 0 saturated carbocycles. The van der Waals surface area contributed by atoms with E-state index in [1.54, 1.807) is 17.8 Å². The molecule has 9 heteroatoms. The zero-order valence-corrected chi connectivity index (χ0v) is 17.5. The second kappa shape index (κ2) is 9.13. The topological polar surface area (TPSA) is 89.0 Å². The van der Waals surface area contributed by atoms with Crippen molar-refractivity contribution in [2.75, 3.05) is 25.3 Å². The second-order valence-electron chi connectivity index (χ2n) is 6.32. The van der Waals surface area contributed by atoms with Crippen LogP contribution in [0.25, 0.3) is 11.6 Å². The number of amides is 1. The van der Waals surface area contributed by atoms with Gasteiger partial charge < -0.3 is 4.90 Å². The Labute approximate surface area is 172 Å². The van der Waals surface area contributed by atoms with E-state index in [4.69, 9.17) is 5.41 Å². The number of aromatic amines is 1. The first-order valence-electron chi connectivity index (χ1n) is 8.63. The van der Waals surface area contributed by atoms with Crippen molar-refractivity contribution < 1.29 is 4.79 Å². The largest absolute Gasteiger partial charge is 0.303 e. The molecule has 2 heterocycles. The Morgan fingerprint density at radius 1 is 1.46 bits per heavy atom. The lowest BCUT2D eigenvalue weighted by atomic mass is 9.98. The first-order chi connectivity index (χ1) is 13.5. The molecule has 0 bridgehead atoms. The Bertz CT molecular complexity index is 926. The molecule has 0 fully saturated rings. The Morgan fingerprint density at radius 3 is 2.86 bits per heavy atom. The molecule has 28 heavy (non-hydrogen) atoms. The van der Waals surface area contributed by atoms with Crippen molar-refractivity contribution in [2.24, 2.45) is 0 Å². The molecule has 1 aliphatic carbocycles. The van der Waals surface area contributed by atoms with Gasteiger partial charge in [0.25, 0.3) is 5.91 Å². The zero-order valence-electron chi connectivity index (χ0n) is 15.9. The quantitative estimate of drug-likeness (QED) is 0.411. The molecular weight excluding hydrogens is 392 g/mol. The molecule has 0 spiro atoms. The number of likely N-dealkylation sites (N-methyl/N-ethyl adjacent to an activating group) is 1. The summed E-state index contributed by atoms with van der Waals surface area (Å²) >= 11 is 2.65. The van der Waals surface area contributed by atoms with Crippen molar-refractivity contribution in [3.8, 4) is 0 Å². The average molecular weight is 415 g/mol. The summed E-state index contributed by atoms with van der Waals surface area (Å²) in [7, 11) is 4.12. The summed E-state index contributed by atoms with van der Waals surface area (Å²) in [5.74, 6) is -0.287. The summed E-state index contributed by atoms with van der Waals surface area (Å²) in [6.07, 6.45) is 15.3. The third-order valence-corrected chi connectivity index (χ3v) is 5.89. The van der Waals surface area contributed by atoms with Crippen molar-refractivity contribution in [1.82, 2.24) is 20.1 Å². The van der Waals surface area contributed by atoms with Crippen LogP contribution in [-0.2, 0) is 4.79 Å². The van der Waals surface area contributed by atoms with Crippen molar-refractivity contribution in [3.05, 3.63) is 52.2 Å². The normalized spacial score (nSPS) is 16.9. The lowest BCUT2D eigenvalue weighted by molar-refractivity contribution is -0.113. The van der Waals surface area contributed by atoms with Crippen LogP contribution in [0.2, 0.25) is 0 Å². The van der Waals surface area contributed by atoms with Gasteiger partial charge in [-0.25, -0.2) is 9.88 Å². The Balaban J connectivity index is 1.87. The summed E-state index contributed by atoms with van der Waals surface area (Å²) < 4.78 is 0. The van der Waals surface area contributed by atoms with E-state index in [1.165, 1.54) is 28.0 Å². The fourth-order valence-corrected chi connectivity index (χ4v) is 3.95. The number of anilines is 1. The van der Waals surface area contributed by atoms with Gasteiger partial charge in [-0.05, 0) is 38.4 Å². The van der Waals surface area contributed by atoms with E-state index in [2.05, 4.69) is 52.4 Å². The molecular formula is C19H22N6OS2. The van der Waals surface area contributed by atoms with Crippen LogP contribution < -0.4 is 4.90 Å². The van der Waals surface area contributed by atoms with Gasteiger partial charge in [0.1, 0.15) is 0 Å². The number of hydrogen-bond acceptors (Lipinski definition) is 7. The molecule has 2 N–H and O–H groups in total. The number of hydrogen-bond donors (Lipinski definition) is 2. The Kier molecular flexibility index (Phi) is 6.61. The van der Waals surface area contributed by atoms with Crippen LogP contribution in [0.4, 0.5) is 5.13 Å². The van der Waals surface area contributed by atoms with Crippen molar-refractivity contribution in [3.63, 3.8) is 0 Å². The van der Waals surface area contributed by atoms with Crippen molar-refractivity contribution >= 4 is 52.1 Å². The predicted octanol–water partition coefficient (Wildman–Crippen LogP) is 3.48. The molecule has 3 rings (SSSR count). The highest BCUT2D eigenvalue weighted by molar-refractivity contribution is 8.03. The van der Waals surface area contributed by atoms with E-state index in [0.717, 1.165) is 29.6 Å². The summed E-state index contributed by atoms with van der Waals surface area (Å²) in [6.45, 7) is 0. The number of thiazole rings is 1. The fourth-order valence-electron chi connectivity index (χ4n) is 2.82. The van der Waals surface area contributed by atoms with Crippen molar-refractivity contribution in [2.45, 2.75) is 12.5 Å². The standard InChI is InChI=1S/C19H22N6OS2/c1-24(2)15-6-4-13(5-7-15)17-14(11-22-23-17)10-16(27-3)18(26)25(12-20)19-21-8-9-28-19/h4-6,8-12,15,20H,7H2,1-3H3,(H,22,23)/b16-10-,20-12?. The molecule has 0 aromatic carbocycles. The minimum absolute atomic E-state index is 0.287. The van der Waals surface area contributed by atoms with E-state index < -0.39 is 0 Å². The number of carbonyl (C=O) groups excluding carboxylic acids is 1. The number of carbonyl (C=O) groups is 1. The molecule has 2 aromatic rings. The molecule has 7 nitrogen and oxygen atoms in total. The van der Waals surface area contributed by atoms with Gasteiger partial charge in [0.15, 0.2) is 5.13 Å². The highest BCUT2D eigenvalue weighted by Gasteiger charge is 2.21. The fraction of sp³-hybridized carbons (Fsp3) is 0.263. The molecule has 1 unspecified atom stereocenters. The number of thioether (sulfide) groups is 1. The van der Waals surface area contributed by atoms with Crippen LogP contribution in [0, 0.1) is 5.41 Å². The van der Waals surface area contributed by atoms with Gasteiger partial charge >= 0.3 is 0 Å². The number of rotatable bonds is 7. The SMILES string of the molecule is CS/C(=C\c1cn[nH]c1C1=CCC(N(C)C)C=C1)C(=O)N(C=N)c1nccs1. The lowest BCUT2D eigenvalue weighted by Gasteiger charge is -2.22. The number of aromatic nitrogens is 3. The first-order valence-corrected chi connectivity index (χ1v) is 10.7. The Hall–Kier alpha value is -2.49. The van der Waals surface area contributed by atoms with Gasteiger partial charge in [-0.15, -0.1) is 23.1 Å². The van der Waals surface area contributed by atoms with Gasteiger partial charge in [0.05, 0.1) is 23.1 Å². The van der Waals surface area contributed by atoms with Gasteiger partial charge in [0, 0.05) is 23.2 Å². The molecule has 1 atom stereocenters. The van der Waals surface area contributed by atoms with Gasteiger partial charge in [-0.3, -0.25) is 15.3 Å². The van der Waals surface area contributed by atoms with Gasteiger partial charge in [-0.2, -0.15) is 5.10 Å². The minimum atomic E-state index is -0.287. The third-order valence-electron chi connectivity index (χ3n) is 4.39. The highest BCUT2D eigenvalue weighted by Crippen LogP contribution is 2.28. The second-order valence-corrected chi connectivity index (χ2v) is 8.04. The maximum atomic E-state index is 12.9. The minimum Gasteiger partial charge on any atom is -0.303 e. The number of nitrogens with zero attached hydrogens (tertiary/aromatic N) is 4. The lowest BCUT2D eigenvalue weighted by Crippen LogP contribution is -2.29. The average Bonchev–Trinajstić information content (AvgIpc) is 3.39. The van der Waals surface area contributed by atoms with Crippen LogP contribution >= 0.6 is 23.1 Å². The van der Waals surface area contributed by atoms with E-state index in [9.17, 15) is 4.79 Å². The smallest absolute Gasteiger partial charge is 0.271 e. The zero-order chi connectivity index (χ0) is 20.1. The third kappa shape index (κ3) is 4.32. The molecule has 0 radical (unpaired) electrons. The molecule has 1 aliphatic rings. The van der Waals surface area contributed by atoms with Crippen molar-refractivity contribution in [1.29, 1.82) is 5.41 Å². The molecule has 0 saturated heterocycles. The van der Waals surface area contributed by atoms with Gasteiger partial charge in [-0.1, -0.05) is 18.2 Å². The van der Waals surface area contributed by atoms with Crippen LogP contribution in [-0.4, -0.2) is 58.7 Å². The number of nitrogens with one attached hydrogen (secondary N) is 2. The first kappa shape index (κ1) is 20.2. The summed E-state index contributed by atoms with van der Waals surface area (Å²) in [4.78, 5) is 21.0. The molecule has 2 aromatic heterocycles. The van der Waals surface area contributed by atoms with Gasteiger partial charge in [0.2, 0.25) is 0 Å². The molecule has 146 valence electrons. The maximum absolute atomic E-state index is 12.9. The van der Waals surface area contributed by atoms with Crippen LogP contribution in [0.3, 0.4) is 0 Å². The Morgan fingerprint density at radius 2 is 2.29 bits per heavy atom. The molecule has 1 amide bonds. The van der Waals surface area contributed by atoms with Crippen LogP contribution in [0.1, 0.15) is 17.7 Å². The number of allylic oxidation sites excluding steroid dienone is 2. The van der Waals surface area contributed by atoms with E-state index in [1.807, 2.05) is 12.3 Å². The highest BCUT2D eigenvalue weighted by atomic mass is 32.2. The summed E-state index contributed by atoms with van der Waals surface area (Å²) in [6, 6.07) is 0.383. The predicted molar refractivity (Wildman–Crippen MR) is 118 cm³/mol. The van der Waals surface area contributed by atoms with Crippen LogP contribution in [0.15, 0.2) is 40.9 Å². The summed E-state index contributed by atoms with van der Waals surface area (Å²) in [5.41, 5.74) is 2.77.